The van der Waals surface area contributed by atoms with Crippen LogP contribution in [0.25, 0.3) is 0 Å². The predicted molar refractivity (Wildman–Crippen MR) is 83.6 cm³/mol. The zero-order valence-corrected chi connectivity index (χ0v) is 12.6. The standard InChI is InChI=1S/C12H15N5OS2/c1-19-6-2-5-13-10-4-3-9(7-14-10)11(18)16-12-17-15-8-20-12/h3-4,7-8H,2,5-6H2,1H3,(H,13,14)(H,16,17,18). The summed E-state index contributed by atoms with van der Waals surface area (Å²) < 4.78 is 0. The number of carbonyl (C=O) groups excluding carboxylic acids is 1. The van der Waals surface area contributed by atoms with E-state index in [1.807, 2.05) is 11.8 Å². The van der Waals surface area contributed by atoms with Crippen LogP contribution in [0.3, 0.4) is 0 Å². The minimum Gasteiger partial charge on any atom is -0.370 e. The highest BCUT2D eigenvalue weighted by molar-refractivity contribution is 7.98. The minimum atomic E-state index is -0.233. The Morgan fingerprint density at radius 3 is 3.00 bits per heavy atom. The molecule has 0 bridgehead atoms. The number of nitrogens with zero attached hydrogens (tertiary/aromatic N) is 3. The predicted octanol–water partition coefficient (Wildman–Crippen LogP) is 2.35. The molecule has 0 atom stereocenters. The monoisotopic (exact) mass is 309 g/mol. The minimum absolute atomic E-state index is 0.233. The molecular weight excluding hydrogens is 294 g/mol. The van der Waals surface area contributed by atoms with E-state index in [1.54, 1.807) is 23.8 Å². The maximum Gasteiger partial charge on any atom is 0.259 e. The second kappa shape index (κ2) is 7.81. The third-order valence-corrected chi connectivity index (χ3v) is 3.74. The first-order chi connectivity index (χ1) is 9.79. The van der Waals surface area contributed by atoms with E-state index in [2.05, 4.69) is 32.1 Å². The Morgan fingerprint density at radius 1 is 1.45 bits per heavy atom. The van der Waals surface area contributed by atoms with Crippen LogP contribution in [-0.4, -0.2) is 39.6 Å². The van der Waals surface area contributed by atoms with Crippen LogP contribution in [0.5, 0.6) is 0 Å². The average Bonchev–Trinajstić information content (AvgIpc) is 2.97. The summed E-state index contributed by atoms with van der Waals surface area (Å²) in [6.45, 7) is 0.879. The van der Waals surface area contributed by atoms with E-state index >= 15 is 0 Å². The molecule has 2 N–H and O–H groups in total. The Bertz CT molecular complexity index is 529. The number of thioether (sulfide) groups is 1. The summed E-state index contributed by atoms with van der Waals surface area (Å²) in [7, 11) is 0. The molecule has 2 heterocycles. The quantitative estimate of drug-likeness (QED) is 0.764. The molecule has 0 spiro atoms. The number of aromatic nitrogens is 3. The van der Waals surface area contributed by atoms with E-state index in [-0.39, 0.29) is 5.91 Å². The fourth-order valence-corrected chi connectivity index (χ4v) is 2.34. The largest absolute Gasteiger partial charge is 0.370 e. The van der Waals surface area contributed by atoms with Gasteiger partial charge in [0.2, 0.25) is 5.13 Å². The van der Waals surface area contributed by atoms with Crippen molar-refractivity contribution in [1.29, 1.82) is 0 Å². The van der Waals surface area contributed by atoms with Gasteiger partial charge in [0.1, 0.15) is 11.3 Å². The molecular formula is C12H15N5OS2. The van der Waals surface area contributed by atoms with Gasteiger partial charge in [0.15, 0.2) is 0 Å². The molecule has 0 saturated carbocycles. The Kier molecular flexibility index (Phi) is 5.75. The number of nitrogens with one attached hydrogen (secondary N) is 2. The Balaban J connectivity index is 1.85. The molecule has 20 heavy (non-hydrogen) atoms. The van der Waals surface area contributed by atoms with Crippen molar-refractivity contribution in [3.63, 3.8) is 0 Å². The van der Waals surface area contributed by atoms with Crippen molar-refractivity contribution in [3.05, 3.63) is 29.4 Å². The molecule has 106 valence electrons. The van der Waals surface area contributed by atoms with Gasteiger partial charge in [-0.25, -0.2) is 4.98 Å². The fourth-order valence-electron chi connectivity index (χ4n) is 1.46. The summed E-state index contributed by atoms with van der Waals surface area (Å²) in [6.07, 6.45) is 4.72. The number of hydrogen-bond donors (Lipinski definition) is 2. The van der Waals surface area contributed by atoms with Crippen molar-refractivity contribution >= 4 is 40.0 Å². The molecule has 0 aliphatic carbocycles. The summed E-state index contributed by atoms with van der Waals surface area (Å²) in [4.78, 5) is 16.1. The van der Waals surface area contributed by atoms with Gasteiger partial charge in [-0.15, -0.1) is 10.2 Å². The van der Waals surface area contributed by atoms with E-state index < -0.39 is 0 Å². The van der Waals surface area contributed by atoms with Crippen molar-refractivity contribution in [2.75, 3.05) is 29.2 Å². The number of amides is 1. The average molecular weight is 309 g/mol. The molecule has 0 aliphatic heterocycles. The molecule has 1 amide bonds. The number of pyridine rings is 1. The first kappa shape index (κ1) is 14.7. The van der Waals surface area contributed by atoms with Gasteiger partial charge in [0.25, 0.3) is 5.91 Å². The zero-order chi connectivity index (χ0) is 14.2. The Morgan fingerprint density at radius 2 is 2.35 bits per heavy atom. The molecule has 8 heteroatoms. The van der Waals surface area contributed by atoms with E-state index in [4.69, 9.17) is 0 Å². The van der Waals surface area contributed by atoms with Crippen molar-refractivity contribution < 1.29 is 4.79 Å². The number of rotatable bonds is 7. The number of carbonyl (C=O) groups is 1. The van der Waals surface area contributed by atoms with Crippen LogP contribution < -0.4 is 10.6 Å². The number of anilines is 2. The highest BCUT2D eigenvalue weighted by Crippen LogP contribution is 2.11. The molecule has 0 fully saturated rings. The maximum absolute atomic E-state index is 11.9. The molecule has 0 saturated heterocycles. The van der Waals surface area contributed by atoms with Crippen LogP contribution in [-0.2, 0) is 0 Å². The molecule has 2 aromatic heterocycles. The van der Waals surface area contributed by atoms with E-state index in [9.17, 15) is 4.79 Å². The van der Waals surface area contributed by atoms with Crippen LogP contribution in [0.15, 0.2) is 23.8 Å². The van der Waals surface area contributed by atoms with Gasteiger partial charge in [0.05, 0.1) is 5.56 Å². The number of hydrogen-bond acceptors (Lipinski definition) is 7. The normalized spacial score (nSPS) is 10.2. The van der Waals surface area contributed by atoms with Crippen molar-refractivity contribution in [2.45, 2.75) is 6.42 Å². The van der Waals surface area contributed by atoms with Crippen LogP contribution in [0.1, 0.15) is 16.8 Å². The van der Waals surface area contributed by atoms with E-state index in [1.165, 1.54) is 11.3 Å². The topological polar surface area (TPSA) is 79.8 Å². The highest BCUT2D eigenvalue weighted by Gasteiger charge is 2.08. The van der Waals surface area contributed by atoms with E-state index in [0.717, 1.165) is 24.5 Å². The molecule has 0 aliphatic rings. The van der Waals surface area contributed by atoms with Crippen molar-refractivity contribution in [2.24, 2.45) is 0 Å². The Hall–Kier alpha value is -1.67. The zero-order valence-electron chi connectivity index (χ0n) is 11.0. The fraction of sp³-hybridized carbons (Fsp3) is 0.333. The highest BCUT2D eigenvalue weighted by atomic mass is 32.2. The summed E-state index contributed by atoms with van der Waals surface area (Å²) in [6, 6.07) is 3.54. The summed E-state index contributed by atoms with van der Waals surface area (Å²) in [5, 5.41) is 13.8. The Labute approximate surface area is 125 Å². The lowest BCUT2D eigenvalue weighted by molar-refractivity contribution is 0.102. The van der Waals surface area contributed by atoms with Crippen LogP contribution in [0.4, 0.5) is 10.9 Å². The lowest BCUT2D eigenvalue weighted by Gasteiger charge is -2.05. The molecule has 0 aromatic carbocycles. The SMILES string of the molecule is CSCCCNc1ccc(C(=O)Nc2nncs2)cn1. The molecule has 0 unspecified atom stereocenters. The second-order valence-corrected chi connectivity index (χ2v) is 5.72. The molecule has 2 aromatic rings. The van der Waals surface area contributed by atoms with Gasteiger partial charge in [-0.05, 0) is 30.6 Å². The van der Waals surface area contributed by atoms with Crippen molar-refractivity contribution in [1.82, 2.24) is 15.2 Å². The second-order valence-electron chi connectivity index (χ2n) is 3.90. The van der Waals surface area contributed by atoms with Gasteiger partial charge in [-0.3, -0.25) is 10.1 Å². The molecule has 6 nitrogen and oxygen atoms in total. The maximum atomic E-state index is 11.9. The first-order valence-electron chi connectivity index (χ1n) is 6.06. The van der Waals surface area contributed by atoms with Crippen molar-refractivity contribution in [3.8, 4) is 0 Å². The molecule has 2 rings (SSSR count). The molecule has 0 radical (unpaired) electrons. The summed E-state index contributed by atoms with van der Waals surface area (Å²) >= 11 is 3.10. The van der Waals surface area contributed by atoms with Gasteiger partial charge >= 0.3 is 0 Å². The van der Waals surface area contributed by atoms with Crippen LogP contribution in [0.2, 0.25) is 0 Å². The first-order valence-corrected chi connectivity index (χ1v) is 8.33. The summed E-state index contributed by atoms with van der Waals surface area (Å²) in [5.74, 6) is 1.66. The van der Waals surface area contributed by atoms with Crippen LogP contribution in [0, 0.1) is 0 Å². The van der Waals surface area contributed by atoms with Gasteiger partial charge in [-0.1, -0.05) is 11.3 Å². The van der Waals surface area contributed by atoms with Gasteiger partial charge in [-0.2, -0.15) is 11.8 Å². The van der Waals surface area contributed by atoms with Crippen LogP contribution >= 0.6 is 23.1 Å². The lowest BCUT2D eigenvalue weighted by Crippen LogP contribution is -2.12. The van der Waals surface area contributed by atoms with E-state index in [0.29, 0.717) is 10.7 Å². The lowest BCUT2D eigenvalue weighted by atomic mass is 10.2. The third kappa shape index (κ3) is 4.46. The smallest absolute Gasteiger partial charge is 0.259 e. The van der Waals surface area contributed by atoms with Gasteiger partial charge in [0, 0.05) is 12.7 Å². The third-order valence-electron chi connectivity index (χ3n) is 2.44. The van der Waals surface area contributed by atoms with Gasteiger partial charge < -0.3 is 5.32 Å². The summed E-state index contributed by atoms with van der Waals surface area (Å²) in [5.41, 5.74) is 2.06.